The lowest BCUT2D eigenvalue weighted by molar-refractivity contribution is 0.0262. The number of nitrogens with one attached hydrogen (secondary N) is 1. The second-order valence-corrected chi connectivity index (χ2v) is 11.1. The minimum absolute atomic E-state index is 0.0116. The zero-order chi connectivity index (χ0) is 28.2. The molecule has 0 aliphatic carbocycles. The summed E-state index contributed by atoms with van der Waals surface area (Å²) >= 11 is 0. The van der Waals surface area contributed by atoms with Crippen molar-refractivity contribution in [3.05, 3.63) is 71.8 Å². The van der Waals surface area contributed by atoms with Crippen molar-refractivity contribution < 1.29 is 32.9 Å². The standard InChI is InChI=1S/C31H29F2N3O5/c1-16-14-39-29-24(15-40-28(16)29)41-31-34-23-12-22(32)25(26(33)27(23)35-31)19-6-2-17(3-7-19)18-4-8-20(9-5-18)30(38)36-11-10-21(37)13-36/h2-9,12,16,21,24,28-29,37H,10-11,13-15H2,1H3,(H,34,35)/t16?,21-,24+,28?,29?/m1/s1. The van der Waals surface area contributed by atoms with E-state index in [1.165, 1.54) is 6.07 Å². The van der Waals surface area contributed by atoms with E-state index in [4.69, 9.17) is 14.2 Å². The molecular weight excluding hydrogens is 532 g/mol. The van der Waals surface area contributed by atoms with E-state index < -0.39 is 17.7 Å². The molecule has 5 atom stereocenters. The number of benzene rings is 3. The van der Waals surface area contributed by atoms with Crippen LogP contribution in [0, 0.1) is 17.6 Å². The van der Waals surface area contributed by atoms with Crippen LogP contribution >= 0.6 is 0 Å². The van der Waals surface area contributed by atoms with Crippen molar-refractivity contribution in [3.8, 4) is 28.3 Å². The van der Waals surface area contributed by atoms with E-state index in [2.05, 4.69) is 16.9 Å². The Bertz CT molecular complexity index is 1610. The van der Waals surface area contributed by atoms with Crippen LogP contribution in [0.1, 0.15) is 23.7 Å². The van der Waals surface area contributed by atoms with Gasteiger partial charge in [-0.05, 0) is 35.2 Å². The van der Waals surface area contributed by atoms with Gasteiger partial charge in [-0.15, -0.1) is 0 Å². The van der Waals surface area contributed by atoms with Crippen LogP contribution in [0.5, 0.6) is 6.01 Å². The summed E-state index contributed by atoms with van der Waals surface area (Å²) in [5.74, 6) is -1.34. The molecule has 4 heterocycles. The molecule has 2 N–H and O–H groups in total. The minimum atomic E-state index is -0.778. The number of imidazole rings is 1. The Labute approximate surface area is 234 Å². The van der Waals surface area contributed by atoms with E-state index in [-0.39, 0.29) is 52.7 Å². The molecule has 1 aromatic heterocycles. The number of rotatable bonds is 5. The van der Waals surface area contributed by atoms with Crippen molar-refractivity contribution in [1.82, 2.24) is 14.9 Å². The van der Waals surface area contributed by atoms with E-state index in [1.807, 2.05) is 12.1 Å². The van der Waals surface area contributed by atoms with Crippen molar-refractivity contribution in [2.75, 3.05) is 26.3 Å². The molecule has 7 rings (SSSR count). The maximum Gasteiger partial charge on any atom is 0.295 e. The average Bonchev–Trinajstić information content (AvgIpc) is 3.76. The van der Waals surface area contributed by atoms with Gasteiger partial charge in [0.15, 0.2) is 11.9 Å². The third-order valence-electron chi connectivity index (χ3n) is 8.26. The average molecular weight is 562 g/mol. The molecule has 0 bridgehead atoms. The summed E-state index contributed by atoms with van der Waals surface area (Å²) in [6.07, 6.45) is -0.527. The number of aromatic amines is 1. The normalized spacial score (nSPS) is 25.7. The van der Waals surface area contributed by atoms with Gasteiger partial charge < -0.3 is 29.2 Å². The topological polar surface area (TPSA) is 96.9 Å². The van der Waals surface area contributed by atoms with Crippen LogP contribution < -0.4 is 4.74 Å². The lowest BCUT2D eigenvalue weighted by atomic mass is 9.98. The van der Waals surface area contributed by atoms with Gasteiger partial charge in [-0.25, -0.2) is 8.78 Å². The first-order chi connectivity index (χ1) is 19.9. The van der Waals surface area contributed by atoms with Gasteiger partial charge in [0, 0.05) is 30.6 Å². The fraction of sp³-hybridized carbons (Fsp3) is 0.355. The number of carbonyl (C=O) groups is 1. The largest absolute Gasteiger partial charge is 0.456 e. The highest BCUT2D eigenvalue weighted by Crippen LogP contribution is 2.35. The number of hydrogen-bond acceptors (Lipinski definition) is 6. The maximum atomic E-state index is 15.6. The molecule has 3 saturated heterocycles. The van der Waals surface area contributed by atoms with Crippen molar-refractivity contribution in [2.45, 2.75) is 37.8 Å². The number of aliphatic hydroxyl groups is 1. The molecule has 3 aliphatic heterocycles. The molecule has 0 spiro atoms. The van der Waals surface area contributed by atoms with Gasteiger partial charge in [0.05, 0.1) is 36.5 Å². The molecule has 4 aromatic rings. The lowest BCUT2D eigenvalue weighted by Crippen LogP contribution is -2.33. The molecule has 8 nitrogen and oxygen atoms in total. The fourth-order valence-corrected chi connectivity index (χ4v) is 6.02. The second kappa shape index (κ2) is 10.2. The van der Waals surface area contributed by atoms with Gasteiger partial charge in [0.1, 0.15) is 17.4 Å². The first-order valence-electron chi connectivity index (χ1n) is 13.8. The van der Waals surface area contributed by atoms with E-state index in [1.54, 1.807) is 41.3 Å². The third kappa shape index (κ3) is 4.65. The molecule has 10 heteroatoms. The van der Waals surface area contributed by atoms with Crippen molar-refractivity contribution in [3.63, 3.8) is 0 Å². The van der Waals surface area contributed by atoms with Crippen molar-refractivity contribution in [1.29, 1.82) is 0 Å². The summed E-state index contributed by atoms with van der Waals surface area (Å²) < 4.78 is 48.3. The predicted octanol–water partition coefficient (Wildman–Crippen LogP) is 4.56. The number of β-amino-alcohol motifs (C(OH)–C–C–N with tert-alkyl or cyclic N) is 1. The smallest absolute Gasteiger partial charge is 0.295 e. The number of fused-ring (bicyclic) bond motifs is 2. The number of likely N-dealkylation sites (tertiary alicyclic amines) is 1. The van der Waals surface area contributed by atoms with E-state index in [0.29, 0.717) is 43.9 Å². The van der Waals surface area contributed by atoms with Gasteiger partial charge in [0.2, 0.25) is 0 Å². The number of aliphatic hydroxyl groups excluding tert-OH is 1. The number of aromatic nitrogens is 2. The first kappa shape index (κ1) is 26.1. The molecule has 0 radical (unpaired) electrons. The van der Waals surface area contributed by atoms with Crippen LogP contribution in [-0.2, 0) is 9.47 Å². The number of hydrogen-bond donors (Lipinski definition) is 2. The molecule has 0 saturated carbocycles. The predicted molar refractivity (Wildman–Crippen MR) is 146 cm³/mol. The van der Waals surface area contributed by atoms with Gasteiger partial charge in [0.25, 0.3) is 11.9 Å². The summed E-state index contributed by atoms with van der Waals surface area (Å²) in [7, 11) is 0. The summed E-state index contributed by atoms with van der Waals surface area (Å²) in [4.78, 5) is 21.5. The Morgan fingerprint density at radius 1 is 1.02 bits per heavy atom. The Balaban J connectivity index is 1.10. The number of H-pyrrole nitrogens is 1. The molecule has 3 unspecified atom stereocenters. The Hall–Kier alpha value is -3.86. The van der Waals surface area contributed by atoms with Crippen LogP contribution in [0.4, 0.5) is 8.78 Å². The summed E-state index contributed by atoms with van der Waals surface area (Å²) in [5, 5.41) is 9.71. The monoisotopic (exact) mass is 561 g/mol. The van der Waals surface area contributed by atoms with E-state index >= 15 is 8.78 Å². The molecule has 3 fully saturated rings. The lowest BCUT2D eigenvalue weighted by Gasteiger charge is -2.15. The van der Waals surface area contributed by atoms with Crippen LogP contribution in [0.25, 0.3) is 33.3 Å². The molecule has 1 amide bonds. The van der Waals surface area contributed by atoms with E-state index in [0.717, 1.165) is 11.1 Å². The molecule has 3 aromatic carbocycles. The van der Waals surface area contributed by atoms with Gasteiger partial charge in [-0.1, -0.05) is 43.3 Å². The van der Waals surface area contributed by atoms with Crippen LogP contribution in [-0.4, -0.2) is 76.6 Å². The van der Waals surface area contributed by atoms with Crippen molar-refractivity contribution >= 4 is 16.9 Å². The zero-order valence-corrected chi connectivity index (χ0v) is 22.3. The Morgan fingerprint density at radius 3 is 2.41 bits per heavy atom. The maximum absolute atomic E-state index is 15.6. The molecule has 41 heavy (non-hydrogen) atoms. The van der Waals surface area contributed by atoms with Crippen LogP contribution in [0.3, 0.4) is 0 Å². The molecule has 3 aliphatic rings. The van der Waals surface area contributed by atoms with Crippen LogP contribution in [0.2, 0.25) is 0 Å². The number of amides is 1. The Morgan fingerprint density at radius 2 is 1.71 bits per heavy atom. The fourth-order valence-electron chi connectivity index (χ4n) is 6.02. The van der Waals surface area contributed by atoms with E-state index in [9.17, 15) is 9.90 Å². The highest BCUT2D eigenvalue weighted by Gasteiger charge is 2.47. The summed E-state index contributed by atoms with van der Waals surface area (Å²) in [5.41, 5.74) is 2.63. The minimum Gasteiger partial charge on any atom is -0.456 e. The van der Waals surface area contributed by atoms with Gasteiger partial charge >= 0.3 is 0 Å². The quantitative estimate of drug-likeness (QED) is 0.371. The third-order valence-corrected chi connectivity index (χ3v) is 8.26. The molecular formula is C31H29F2N3O5. The van der Waals surface area contributed by atoms with Gasteiger partial charge in [-0.3, -0.25) is 4.79 Å². The van der Waals surface area contributed by atoms with Crippen molar-refractivity contribution in [2.24, 2.45) is 5.92 Å². The summed E-state index contributed by atoms with van der Waals surface area (Å²) in [6, 6.07) is 15.4. The second-order valence-electron chi connectivity index (χ2n) is 11.1. The van der Waals surface area contributed by atoms with Crippen LogP contribution in [0.15, 0.2) is 54.6 Å². The first-order valence-corrected chi connectivity index (χ1v) is 13.8. The SMILES string of the molecule is CC1COC2C1OC[C@@H]2Oc1nc2c(F)c(-c3ccc(-c4ccc(C(=O)N5CC[C@@H](O)C5)cc4)cc3)c(F)cc2[nH]1. The number of halogens is 2. The molecule has 212 valence electrons. The number of nitrogens with zero attached hydrogens (tertiary/aromatic N) is 2. The zero-order valence-electron chi connectivity index (χ0n) is 22.3. The number of ether oxygens (including phenoxy) is 3. The summed E-state index contributed by atoms with van der Waals surface area (Å²) in [6.45, 7) is 3.87. The number of carbonyl (C=O) groups excluding carboxylic acids is 1. The highest BCUT2D eigenvalue weighted by atomic mass is 19.1. The highest BCUT2D eigenvalue weighted by molar-refractivity contribution is 5.95. The Kier molecular flexibility index (Phi) is 6.49. The van der Waals surface area contributed by atoms with Gasteiger partial charge in [-0.2, -0.15) is 4.98 Å².